The largest absolute Gasteiger partial charge is 0.508 e. The molecule has 0 saturated carbocycles. The topological polar surface area (TPSA) is 75.6 Å². The maximum Gasteiger partial charge on any atom is 0.336 e. The molecule has 0 unspecified atom stereocenters. The van der Waals surface area contributed by atoms with Gasteiger partial charge < -0.3 is 15.2 Å². The molecule has 2 aromatic rings. The number of phenolic OH excluding ortho intramolecular Hbond substituents is 1. The number of hydrogen-bond acceptors (Lipinski definition) is 7. The van der Waals surface area contributed by atoms with E-state index in [1.165, 1.54) is 4.88 Å². The molecule has 2 atom stereocenters. The number of carbonyl (C=O) groups is 2. The molecular weight excluding hydrogens is 442 g/mol. The van der Waals surface area contributed by atoms with Crippen LogP contribution >= 0.6 is 23.1 Å². The number of thioether (sulfide) groups is 1. The van der Waals surface area contributed by atoms with E-state index in [1.807, 2.05) is 24.4 Å². The second kappa shape index (κ2) is 9.96. The molecule has 2 N–H and O–H groups in total. The second-order valence-electron chi connectivity index (χ2n) is 7.96. The van der Waals surface area contributed by atoms with E-state index in [0.717, 1.165) is 22.8 Å². The van der Waals surface area contributed by atoms with Crippen LogP contribution in [0.1, 0.15) is 49.0 Å². The lowest BCUT2D eigenvalue weighted by Crippen LogP contribution is -2.36. The summed E-state index contributed by atoms with van der Waals surface area (Å²) in [6.45, 7) is 4.24. The molecule has 2 aliphatic rings. The third kappa shape index (κ3) is 4.64. The van der Waals surface area contributed by atoms with Crippen LogP contribution in [0.5, 0.6) is 5.75 Å². The number of rotatable bonds is 7. The Morgan fingerprint density at radius 3 is 2.84 bits per heavy atom. The molecular formula is C25H27NO4S2. The average molecular weight is 470 g/mol. The molecule has 2 heterocycles. The number of aromatic hydroxyl groups is 1. The van der Waals surface area contributed by atoms with Gasteiger partial charge in [-0.1, -0.05) is 25.1 Å². The quantitative estimate of drug-likeness (QED) is 0.433. The van der Waals surface area contributed by atoms with Crippen LogP contribution in [0, 0.1) is 0 Å². The van der Waals surface area contributed by atoms with Crippen LogP contribution in [0.2, 0.25) is 0 Å². The molecule has 32 heavy (non-hydrogen) atoms. The van der Waals surface area contributed by atoms with Gasteiger partial charge in [0.05, 0.1) is 5.57 Å². The standard InChI is InChI=1S/C25H27NO4S2/c1-3-31-11-9-30-25(29)22-15(2)26-19-13-17(21-8-5-10-32-21)14-20(28)24(19)23(22)16-6-4-7-18(27)12-16/h4-8,10,12,17,23,26-27H,3,9,11,13-14H2,1-2H3/t17-,23-/m1/s1. The second-order valence-corrected chi connectivity index (χ2v) is 10.3. The number of allylic oxidation sites excluding steroid dienone is 3. The van der Waals surface area contributed by atoms with Crippen molar-refractivity contribution in [1.82, 2.24) is 5.32 Å². The van der Waals surface area contributed by atoms with Gasteiger partial charge in [0, 0.05) is 45.9 Å². The molecule has 168 valence electrons. The van der Waals surface area contributed by atoms with E-state index in [-0.39, 0.29) is 17.5 Å². The third-order valence-corrected chi connectivity index (χ3v) is 7.76. The van der Waals surface area contributed by atoms with Gasteiger partial charge in [-0.25, -0.2) is 4.79 Å². The highest BCUT2D eigenvalue weighted by atomic mass is 32.2. The summed E-state index contributed by atoms with van der Waals surface area (Å²) in [7, 11) is 0. The van der Waals surface area contributed by atoms with Crippen molar-refractivity contribution >= 4 is 34.9 Å². The Labute approximate surface area is 196 Å². The number of Topliss-reactive ketones (excluding diaryl/α,β-unsaturated/α-hetero) is 1. The highest BCUT2D eigenvalue weighted by molar-refractivity contribution is 7.99. The number of ether oxygens (including phenoxy) is 1. The summed E-state index contributed by atoms with van der Waals surface area (Å²) in [5, 5.41) is 15.5. The smallest absolute Gasteiger partial charge is 0.336 e. The molecule has 0 amide bonds. The number of nitrogens with one attached hydrogen (secondary N) is 1. The van der Waals surface area contributed by atoms with Crippen LogP contribution in [-0.2, 0) is 14.3 Å². The van der Waals surface area contributed by atoms with Crippen molar-refractivity contribution in [2.45, 2.75) is 38.5 Å². The zero-order valence-electron chi connectivity index (χ0n) is 18.2. The van der Waals surface area contributed by atoms with E-state index in [9.17, 15) is 14.7 Å². The lowest BCUT2D eigenvalue weighted by molar-refractivity contribution is -0.138. The first-order valence-electron chi connectivity index (χ1n) is 10.8. The molecule has 7 heteroatoms. The van der Waals surface area contributed by atoms with E-state index < -0.39 is 11.9 Å². The van der Waals surface area contributed by atoms with E-state index in [2.05, 4.69) is 18.3 Å². The number of benzene rings is 1. The highest BCUT2D eigenvalue weighted by Crippen LogP contribution is 2.46. The summed E-state index contributed by atoms with van der Waals surface area (Å²) < 4.78 is 5.58. The molecule has 0 saturated heterocycles. The Morgan fingerprint density at radius 1 is 1.28 bits per heavy atom. The van der Waals surface area contributed by atoms with Crippen molar-refractivity contribution in [2.24, 2.45) is 0 Å². The Morgan fingerprint density at radius 2 is 2.12 bits per heavy atom. The third-order valence-electron chi connectivity index (χ3n) is 5.86. The van der Waals surface area contributed by atoms with Gasteiger partial charge in [0.25, 0.3) is 0 Å². The van der Waals surface area contributed by atoms with Gasteiger partial charge in [0.15, 0.2) is 5.78 Å². The molecule has 1 aromatic heterocycles. The van der Waals surface area contributed by atoms with E-state index in [1.54, 1.807) is 41.3 Å². The monoisotopic (exact) mass is 469 g/mol. The molecule has 0 spiro atoms. The molecule has 5 nitrogen and oxygen atoms in total. The van der Waals surface area contributed by atoms with Gasteiger partial charge in [0.1, 0.15) is 12.4 Å². The number of thiophene rings is 1. The first-order valence-corrected chi connectivity index (χ1v) is 12.8. The van der Waals surface area contributed by atoms with Crippen LogP contribution in [0.15, 0.2) is 64.3 Å². The fraction of sp³-hybridized carbons (Fsp3) is 0.360. The van der Waals surface area contributed by atoms with Crippen LogP contribution in [-0.4, -0.2) is 35.0 Å². The van der Waals surface area contributed by atoms with E-state index >= 15 is 0 Å². The number of carbonyl (C=O) groups excluding carboxylic acids is 2. The predicted octanol–water partition coefficient (Wildman–Crippen LogP) is 5.11. The van der Waals surface area contributed by atoms with Crippen LogP contribution in [0.25, 0.3) is 0 Å². The number of phenols is 1. The van der Waals surface area contributed by atoms with Gasteiger partial charge in [0.2, 0.25) is 0 Å². The fourth-order valence-corrected chi connectivity index (χ4v) is 5.81. The zero-order valence-corrected chi connectivity index (χ0v) is 19.9. The average Bonchev–Trinajstić information content (AvgIpc) is 3.30. The Balaban J connectivity index is 1.71. The van der Waals surface area contributed by atoms with Gasteiger partial charge >= 0.3 is 5.97 Å². The Hall–Kier alpha value is -2.51. The van der Waals surface area contributed by atoms with Crippen molar-refractivity contribution in [3.63, 3.8) is 0 Å². The minimum absolute atomic E-state index is 0.0323. The van der Waals surface area contributed by atoms with Gasteiger partial charge in [-0.3, -0.25) is 4.79 Å². The SMILES string of the molecule is CCSCCOC(=O)C1=C(C)NC2=C(C(=O)C[C@H](c3cccs3)C2)[C@@H]1c1cccc(O)c1. The first kappa shape index (κ1) is 22.7. The molecule has 1 aliphatic heterocycles. The Bertz CT molecular complexity index is 1070. The fourth-order valence-electron chi connectivity index (χ4n) is 4.49. The Kier molecular flexibility index (Phi) is 7.06. The van der Waals surface area contributed by atoms with Crippen molar-refractivity contribution in [3.8, 4) is 5.75 Å². The van der Waals surface area contributed by atoms with Crippen molar-refractivity contribution in [1.29, 1.82) is 0 Å². The number of dihydropyridines is 1. The lowest BCUT2D eigenvalue weighted by atomic mass is 9.72. The van der Waals surface area contributed by atoms with Gasteiger partial charge in [-0.05, 0) is 48.2 Å². The molecule has 1 aromatic carbocycles. The molecule has 1 aliphatic carbocycles. The number of ketones is 1. The predicted molar refractivity (Wildman–Crippen MR) is 129 cm³/mol. The summed E-state index contributed by atoms with van der Waals surface area (Å²) in [6.07, 6.45) is 1.12. The minimum atomic E-state index is -0.554. The van der Waals surface area contributed by atoms with Gasteiger partial charge in [-0.2, -0.15) is 11.8 Å². The van der Waals surface area contributed by atoms with E-state index in [0.29, 0.717) is 36.3 Å². The van der Waals surface area contributed by atoms with Gasteiger partial charge in [-0.15, -0.1) is 11.3 Å². The summed E-state index contributed by atoms with van der Waals surface area (Å²) in [6, 6.07) is 10.9. The van der Waals surface area contributed by atoms with E-state index in [4.69, 9.17) is 4.74 Å². The summed E-state index contributed by atoms with van der Waals surface area (Å²) in [4.78, 5) is 27.8. The molecule has 0 bridgehead atoms. The molecule has 4 rings (SSSR count). The summed E-state index contributed by atoms with van der Waals surface area (Å²) >= 11 is 3.38. The summed E-state index contributed by atoms with van der Waals surface area (Å²) in [5.41, 5.74) is 3.34. The number of esters is 1. The zero-order chi connectivity index (χ0) is 22.7. The van der Waals surface area contributed by atoms with Crippen molar-refractivity contribution in [3.05, 3.63) is 74.8 Å². The van der Waals surface area contributed by atoms with Crippen LogP contribution < -0.4 is 5.32 Å². The van der Waals surface area contributed by atoms with Crippen LogP contribution in [0.3, 0.4) is 0 Å². The lowest BCUT2D eigenvalue weighted by Gasteiger charge is -2.36. The molecule has 0 radical (unpaired) electrons. The highest BCUT2D eigenvalue weighted by Gasteiger charge is 2.41. The summed E-state index contributed by atoms with van der Waals surface area (Å²) in [5.74, 6) is 0.987. The first-order chi connectivity index (χ1) is 15.5. The maximum absolute atomic E-state index is 13.4. The number of hydrogen-bond donors (Lipinski definition) is 2. The normalized spacial score (nSPS) is 20.8. The van der Waals surface area contributed by atoms with Crippen molar-refractivity contribution in [2.75, 3.05) is 18.1 Å². The maximum atomic E-state index is 13.4. The molecule has 0 fully saturated rings. The van der Waals surface area contributed by atoms with Crippen LogP contribution in [0.4, 0.5) is 0 Å². The van der Waals surface area contributed by atoms with Crippen molar-refractivity contribution < 1.29 is 19.4 Å². The minimum Gasteiger partial charge on any atom is -0.508 e.